The van der Waals surface area contributed by atoms with Gasteiger partial charge >= 0.3 is 0 Å². The molecule has 0 unspecified atom stereocenters. The topological polar surface area (TPSA) is 35.0 Å². The summed E-state index contributed by atoms with van der Waals surface area (Å²) in [6.07, 6.45) is 2.53. The van der Waals surface area contributed by atoms with Crippen LogP contribution in [0, 0.1) is 13.8 Å². The van der Waals surface area contributed by atoms with E-state index < -0.39 is 0 Å². The van der Waals surface area contributed by atoms with E-state index in [1.54, 1.807) is 7.11 Å². The van der Waals surface area contributed by atoms with Crippen LogP contribution in [0.2, 0.25) is 0 Å². The molecule has 2 rings (SSSR count). The summed E-state index contributed by atoms with van der Waals surface area (Å²) < 4.78 is 5.19. The van der Waals surface area contributed by atoms with Gasteiger partial charge in [-0.05, 0) is 26.7 Å². The van der Waals surface area contributed by atoms with Crippen molar-refractivity contribution >= 4 is 0 Å². The maximum absolute atomic E-state index is 5.19. The lowest BCUT2D eigenvalue weighted by atomic mass is 10.2. The van der Waals surface area contributed by atoms with Crippen molar-refractivity contribution in [3.05, 3.63) is 17.1 Å². The smallest absolute Gasteiger partial charge is 0.219 e. The zero-order valence-electron chi connectivity index (χ0n) is 8.29. The third kappa shape index (κ3) is 1.50. The number of aryl methyl sites for hydroxylation is 1. The van der Waals surface area contributed by atoms with Crippen molar-refractivity contribution in [2.45, 2.75) is 32.6 Å². The molecule has 0 amide bonds. The van der Waals surface area contributed by atoms with Crippen LogP contribution in [0.3, 0.4) is 0 Å². The van der Waals surface area contributed by atoms with Gasteiger partial charge < -0.3 is 4.74 Å². The van der Waals surface area contributed by atoms with E-state index in [4.69, 9.17) is 4.74 Å². The van der Waals surface area contributed by atoms with Crippen LogP contribution in [0.5, 0.6) is 5.88 Å². The fraction of sp³-hybridized carbons (Fsp3) is 0.600. The van der Waals surface area contributed by atoms with Crippen LogP contribution in [0.25, 0.3) is 0 Å². The van der Waals surface area contributed by atoms with E-state index in [2.05, 4.69) is 9.97 Å². The second kappa shape index (κ2) is 2.98. The predicted molar refractivity (Wildman–Crippen MR) is 50.0 cm³/mol. The van der Waals surface area contributed by atoms with Gasteiger partial charge in [-0.3, -0.25) is 0 Å². The van der Waals surface area contributed by atoms with Gasteiger partial charge in [0.25, 0.3) is 0 Å². The van der Waals surface area contributed by atoms with Crippen LogP contribution in [0.4, 0.5) is 0 Å². The van der Waals surface area contributed by atoms with Crippen molar-refractivity contribution in [3.8, 4) is 5.88 Å². The third-order valence-corrected chi connectivity index (χ3v) is 2.41. The van der Waals surface area contributed by atoms with Crippen molar-refractivity contribution in [2.24, 2.45) is 0 Å². The largest absolute Gasteiger partial charge is 0.481 e. The van der Waals surface area contributed by atoms with Crippen molar-refractivity contribution < 1.29 is 4.74 Å². The van der Waals surface area contributed by atoms with Gasteiger partial charge in [-0.25, -0.2) is 4.98 Å². The summed E-state index contributed by atoms with van der Waals surface area (Å²) in [5.74, 6) is 2.20. The first-order valence-electron chi connectivity index (χ1n) is 4.61. The Labute approximate surface area is 78.2 Å². The molecule has 1 aromatic rings. The maximum Gasteiger partial charge on any atom is 0.219 e. The highest BCUT2D eigenvalue weighted by molar-refractivity contribution is 5.33. The van der Waals surface area contributed by atoms with Gasteiger partial charge in [0.15, 0.2) is 0 Å². The van der Waals surface area contributed by atoms with E-state index in [1.165, 1.54) is 18.5 Å². The minimum Gasteiger partial charge on any atom is -0.481 e. The normalized spacial score (nSPS) is 15.9. The summed E-state index contributed by atoms with van der Waals surface area (Å²) in [7, 11) is 1.66. The maximum atomic E-state index is 5.19. The molecule has 1 aromatic heterocycles. The number of rotatable bonds is 2. The minimum atomic E-state index is 0.663. The molecule has 1 saturated carbocycles. The molecule has 0 aliphatic heterocycles. The number of hydrogen-bond acceptors (Lipinski definition) is 3. The van der Waals surface area contributed by atoms with Crippen LogP contribution < -0.4 is 4.74 Å². The molecule has 0 bridgehead atoms. The molecule has 0 atom stereocenters. The average Bonchev–Trinajstić information content (AvgIpc) is 2.91. The molecular formula is C10H14N2O. The molecule has 1 heterocycles. The van der Waals surface area contributed by atoms with Gasteiger partial charge in [-0.2, -0.15) is 4.98 Å². The third-order valence-electron chi connectivity index (χ3n) is 2.41. The number of aromatic nitrogens is 2. The molecule has 0 saturated heterocycles. The zero-order chi connectivity index (χ0) is 9.42. The minimum absolute atomic E-state index is 0.663. The Bertz CT molecular complexity index is 332. The second-order valence-electron chi connectivity index (χ2n) is 3.56. The molecule has 0 radical (unpaired) electrons. The summed E-state index contributed by atoms with van der Waals surface area (Å²) in [5.41, 5.74) is 2.29. The summed E-state index contributed by atoms with van der Waals surface area (Å²) in [6.45, 7) is 3.94. The van der Waals surface area contributed by atoms with E-state index in [0.29, 0.717) is 5.92 Å². The van der Waals surface area contributed by atoms with Gasteiger partial charge in [-0.1, -0.05) is 0 Å². The lowest BCUT2D eigenvalue weighted by Gasteiger charge is -2.08. The highest BCUT2D eigenvalue weighted by Gasteiger charge is 2.28. The van der Waals surface area contributed by atoms with Crippen LogP contribution in [-0.2, 0) is 0 Å². The van der Waals surface area contributed by atoms with Crippen LogP contribution >= 0.6 is 0 Å². The Morgan fingerprint density at radius 1 is 1.23 bits per heavy atom. The Hall–Kier alpha value is -1.12. The summed E-state index contributed by atoms with van der Waals surface area (Å²) >= 11 is 0. The second-order valence-corrected chi connectivity index (χ2v) is 3.56. The molecule has 3 nitrogen and oxygen atoms in total. The quantitative estimate of drug-likeness (QED) is 0.694. The Kier molecular flexibility index (Phi) is 1.94. The molecule has 1 fully saturated rings. The molecule has 3 heteroatoms. The molecule has 0 N–H and O–H groups in total. The highest BCUT2D eigenvalue weighted by atomic mass is 16.5. The van der Waals surface area contributed by atoms with E-state index in [-0.39, 0.29) is 0 Å². The van der Waals surface area contributed by atoms with Crippen molar-refractivity contribution in [1.82, 2.24) is 9.97 Å². The predicted octanol–water partition coefficient (Wildman–Crippen LogP) is 1.98. The first kappa shape index (κ1) is 8.48. The van der Waals surface area contributed by atoms with Gasteiger partial charge in [0.2, 0.25) is 5.88 Å². The number of ether oxygens (including phenoxy) is 1. The Morgan fingerprint density at radius 2 is 1.92 bits per heavy atom. The molecule has 1 aliphatic carbocycles. The van der Waals surface area contributed by atoms with E-state index >= 15 is 0 Å². The fourth-order valence-electron chi connectivity index (χ4n) is 1.58. The van der Waals surface area contributed by atoms with E-state index in [0.717, 1.165) is 17.3 Å². The van der Waals surface area contributed by atoms with Gasteiger partial charge in [-0.15, -0.1) is 0 Å². The van der Waals surface area contributed by atoms with Crippen LogP contribution in [-0.4, -0.2) is 17.1 Å². The molecule has 70 valence electrons. The summed E-state index contributed by atoms with van der Waals surface area (Å²) in [5, 5.41) is 0. The van der Waals surface area contributed by atoms with Crippen LogP contribution in [0.1, 0.15) is 35.8 Å². The zero-order valence-corrected chi connectivity index (χ0v) is 8.29. The first-order valence-corrected chi connectivity index (χ1v) is 4.61. The SMILES string of the molecule is COc1nc(C)nc(C2CC2)c1C. The molecule has 0 spiro atoms. The van der Waals surface area contributed by atoms with Crippen molar-refractivity contribution in [2.75, 3.05) is 7.11 Å². The molecular weight excluding hydrogens is 164 g/mol. The number of hydrogen-bond donors (Lipinski definition) is 0. The lowest BCUT2D eigenvalue weighted by molar-refractivity contribution is 0.391. The monoisotopic (exact) mass is 178 g/mol. The van der Waals surface area contributed by atoms with Crippen molar-refractivity contribution in [3.63, 3.8) is 0 Å². The molecule has 0 aromatic carbocycles. The molecule has 13 heavy (non-hydrogen) atoms. The van der Waals surface area contributed by atoms with Gasteiger partial charge in [0, 0.05) is 11.5 Å². The lowest BCUT2D eigenvalue weighted by Crippen LogP contribution is -2.01. The van der Waals surface area contributed by atoms with Gasteiger partial charge in [0.1, 0.15) is 5.82 Å². The number of methoxy groups -OCH3 is 1. The summed E-state index contributed by atoms with van der Waals surface area (Å²) in [6, 6.07) is 0. The molecule has 1 aliphatic rings. The average molecular weight is 178 g/mol. The highest BCUT2D eigenvalue weighted by Crippen LogP contribution is 2.41. The fourth-order valence-corrected chi connectivity index (χ4v) is 1.58. The Morgan fingerprint density at radius 3 is 2.46 bits per heavy atom. The van der Waals surface area contributed by atoms with Crippen molar-refractivity contribution in [1.29, 1.82) is 0 Å². The summed E-state index contributed by atoms with van der Waals surface area (Å²) in [4.78, 5) is 8.68. The van der Waals surface area contributed by atoms with Crippen LogP contribution in [0.15, 0.2) is 0 Å². The van der Waals surface area contributed by atoms with E-state index in [9.17, 15) is 0 Å². The first-order chi connectivity index (χ1) is 6.22. The van der Waals surface area contributed by atoms with E-state index in [1.807, 2.05) is 13.8 Å². The van der Waals surface area contributed by atoms with Gasteiger partial charge in [0.05, 0.1) is 12.8 Å². The Balaban J connectivity index is 2.47. The standard InChI is InChI=1S/C10H14N2O/c1-6-9(8-4-5-8)11-7(2)12-10(6)13-3/h8H,4-5H2,1-3H3. The number of nitrogens with zero attached hydrogens (tertiary/aromatic N) is 2.